The molecule has 0 aliphatic heterocycles. The summed E-state index contributed by atoms with van der Waals surface area (Å²) in [4.78, 5) is 2.56. The molecular weight excluding hydrogens is 338 g/mol. The van der Waals surface area contributed by atoms with Crippen molar-refractivity contribution in [1.29, 1.82) is 0 Å². The van der Waals surface area contributed by atoms with Gasteiger partial charge in [-0.3, -0.25) is 4.90 Å². The average molecular weight is 388 g/mol. The first kappa shape index (κ1) is 26.8. The van der Waals surface area contributed by atoms with Crippen LogP contribution in [0, 0.1) is 5.92 Å². The molecule has 4 heteroatoms. The summed E-state index contributed by atoms with van der Waals surface area (Å²) in [5.41, 5.74) is 0. The van der Waals surface area contributed by atoms with Crippen molar-refractivity contribution in [1.82, 2.24) is 4.90 Å². The fourth-order valence-corrected chi connectivity index (χ4v) is 4.11. The van der Waals surface area contributed by atoms with Crippen LogP contribution >= 0.6 is 0 Å². The van der Waals surface area contributed by atoms with E-state index < -0.39 is 0 Å². The second kappa shape index (κ2) is 17.9. The van der Waals surface area contributed by atoms with Gasteiger partial charge in [-0.05, 0) is 72.3 Å². The van der Waals surface area contributed by atoms with Crippen LogP contribution in [0.2, 0.25) is 0 Å². The second-order valence-electron chi connectivity index (χ2n) is 8.82. The third-order valence-corrected chi connectivity index (χ3v) is 5.68. The number of hydrogen-bond donors (Lipinski definition) is 3. The highest BCUT2D eigenvalue weighted by molar-refractivity contribution is 4.70. The molecule has 3 N–H and O–H groups in total. The van der Waals surface area contributed by atoms with Crippen LogP contribution < -0.4 is 0 Å². The smallest absolute Gasteiger partial charge is 0.0542 e. The van der Waals surface area contributed by atoms with Gasteiger partial charge in [0.1, 0.15) is 0 Å². The van der Waals surface area contributed by atoms with Crippen LogP contribution in [0.15, 0.2) is 0 Å². The standard InChI is InChI=1S/C23H49NO3/c1-20(2)24(21(3)4)16-10-8-13-22(14-9-12-18-26)19-23(27)15-7-5-6-11-17-25/h20-23,25-27H,5-19H2,1-4H3. The Hall–Kier alpha value is -0.160. The molecule has 27 heavy (non-hydrogen) atoms. The Kier molecular flexibility index (Phi) is 17.8. The lowest BCUT2D eigenvalue weighted by atomic mass is 9.89. The second-order valence-corrected chi connectivity index (χ2v) is 8.82. The van der Waals surface area contributed by atoms with E-state index in [0.717, 1.165) is 64.3 Å². The molecule has 0 aromatic rings. The highest BCUT2D eigenvalue weighted by Crippen LogP contribution is 2.24. The first-order valence-electron chi connectivity index (χ1n) is 11.6. The van der Waals surface area contributed by atoms with Crippen molar-refractivity contribution in [2.75, 3.05) is 19.8 Å². The molecule has 0 fully saturated rings. The Morgan fingerprint density at radius 2 is 1.11 bits per heavy atom. The minimum absolute atomic E-state index is 0.193. The molecule has 0 saturated carbocycles. The van der Waals surface area contributed by atoms with E-state index in [1.54, 1.807) is 0 Å². The highest BCUT2D eigenvalue weighted by Gasteiger charge is 2.16. The van der Waals surface area contributed by atoms with Gasteiger partial charge in [0.2, 0.25) is 0 Å². The molecule has 0 aliphatic rings. The summed E-state index contributed by atoms with van der Waals surface area (Å²) in [7, 11) is 0. The fourth-order valence-electron chi connectivity index (χ4n) is 4.11. The van der Waals surface area contributed by atoms with E-state index in [2.05, 4.69) is 32.6 Å². The third kappa shape index (κ3) is 15.4. The van der Waals surface area contributed by atoms with Crippen molar-refractivity contribution < 1.29 is 15.3 Å². The van der Waals surface area contributed by atoms with Crippen LogP contribution in [0.3, 0.4) is 0 Å². The van der Waals surface area contributed by atoms with E-state index in [-0.39, 0.29) is 19.3 Å². The Bertz CT molecular complexity index is 302. The quantitative estimate of drug-likeness (QED) is 0.280. The molecule has 0 radical (unpaired) electrons. The molecule has 0 rings (SSSR count). The van der Waals surface area contributed by atoms with Crippen LogP contribution in [0.4, 0.5) is 0 Å². The van der Waals surface area contributed by atoms with Crippen molar-refractivity contribution in [3.05, 3.63) is 0 Å². The van der Waals surface area contributed by atoms with Gasteiger partial charge in [-0.1, -0.05) is 44.9 Å². The Morgan fingerprint density at radius 3 is 1.67 bits per heavy atom. The summed E-state index contributed by atoms with van der Waals surface area (Å²) in [6, 6.07) is 1.19. The van der Waals surface area contributed by atoms with Gasteiger partial charge >= 0.3 is 0 Å². The van der Waals surface area contributed by atoms with Crippen LogP contribution in [0.25, 0.3) is 0 Å². The van der Waals surface area contributed by atoms with Crippen LogP contribution in [-0.2, 0) is 0 Å². The van der Waals surface area contributed by atoms with Gasteiger partial charge in [-0.2, -0.15) is 0 Å². The number of aliphatic hydroxyl groups excluding tert-OH is 3. The number of hydrogen-bond acceptors (Lipinski definition) is 4. The predicted octanol–water partition coefficient (Wildman–Crippen LogP) is 4.75. The normalized spacial score (nSPS) is 14.4. The number of aliphatic hydroxyl groups is 3. The SMILES string of the molecule is CC(C)N(CCCCC(CCCCO)CC(O)CCCCCCO)C(C)C. The molecule has 0 spiro atoms. The molecule has 0 bridgehead atoms. The molecular formula is C23H49NO3. The van der Waals surface area contributed by atoms with Crippen LogP contribution in [0.1, 0.15) is 105 Å². The van der Waals surface area contributed by atoms with E-state index >= 15 is 0 Å². The van der Waals surface area contributed by atoms with E-state index in [1.165, 1.54) is 19.3 Å². The molecule has 0 heterocycles. The molecule has 0 aromatic heterocycles. The summed E-state index contributed by atoms with van der Waals surface area (Å²) in [6.07, 6.45) is 12.4. The van der Waals surface area contributed by atoms with Crippen molar-refractivity contribution in [2.24, 2.45) is 5.92 Å². The minimum Gasteiger partial charge on any atom is -0.396 e. The molecule has 0 saturated heterocycles. The van der Waals surface area contributed by atoms with Crippen LogP contribution in [-0.4, -0.2) is 58.2 Å². The Morgan fingerprint density at radius 1 is 0.630 bits per heavy atom. The summed E-state index contributed by atoms with van der Waals surface area (Å²) in [5, 5.41) is 28.3. The minimum atomic E-state index is -0.193. The zero-order valence-electron chi connectivity index (χ0n) is 18.7. The summed E-state index contributed by atoms with van der Waals surface area (Å²) in [6.45, 7) is 10.8. The van der Waals surface area contributed by atoms with Gasteiger partial charge in [-0.25, -0.2) is 0 Å². The first-order chi connectivity index (χ1) is 12.9. The third-order valence-electron chi connectivity index (χ3n) is 5.68. The molecule has 164 valence electrons. The zero-order chi connectivity index (χ0) is 20.5. The van der Waals surface area contributed by atoms with E-state index in [1.807, 2.05) is 0 Å². The molecule has 2 atom stereocenters. The number of rotatable bonds is 19. The van der Waals surface area contributed by atoms with Crippen molar-refractivity contribution in [3.63, 3.8) is 0 Å². The average Bonchev–Trinajstić information content (AvgIpc) is 2.60. The monoisotopic (exact) mass is 387 g/mol. The summed E-state index contributed by atoms with van der Waals surface area (Å²) >= 11 is 0. The molecule has 0 amide bonds. The largest absolute Gasteiger partial charge is 0.396 e. The molecule has 4 nitrogen and oxygen atoms in total. The molecule has 0 aromatic carbocycles. The lowest BCUT2D eigenvalue weighted by molar-refractivity contribution is 0.121. The van der Waals surface area contributed by atoms with Gasteiger partial charge in [0, 0.05) is 25.3 Å². The zero-order valence-corrected chi connectivity index (χ0v) is 18.7. The van der Waals surface area contributed by atoms with Gasteiger partial charge < -0.3 is 15.3 Å². The summed E-state index contributed by atoms with van der Waals surface area (Å²) in [5.74, 6) is 0.579. The van der Waals surface area contributed by atoms with Crippen molar-refractivity contribution in [2.45, 2.75) is 123 Å². The number of unbranched alkanes of at least 4 members (excludes halogenated alkanes) is 5. The molecule has 2 unspecified atom stereocenters. The maximum absolute atomic E-state index is 10.4. The Balaban J connectivity index is 4.18. The van der Waals surface area contributed by atoms with E-state index in [0.29, 0.717) is 18.0 Å². The maximum atomic E-state index is 10.4. The van der Waals surface area contributed by atoms with Crippen molar-refractivity contribution >= 4 is 0 Å². The topological polar surface area (TPSA) is 63.9 Å². The molecule has 0 aliphatic carbocycles. The van der Waals surface area contributed by atoms with E-state index in [4.69, 9.17) is 10.2 Å². The van der Waals surface area contributed by atoms with Gasteiger partial charge in [0.05, 0.1) is 6.10 Å². The van der Waals surface area contributed by atoms with Gasteiger partial charge in [0.25, 0.3) is 0 Å². The summed E-state index contributed by atoms with van der Waals surface area (Å²) < 4.78 is 0. The number of nitrogens with zero attached hydrogens (tertiary/aromatic N) is 1. The van der Waals surface area contributed by atoms with Crippen LogP contribution in [0.5, 0.6) is 0 Å². The lowest BCUT2D eigenvalue weighted by Gasteiger charge is -2.30. The lowest BCUT2D eigenvalue weighted by Crippen LogP contribution is -2.37. The predicted molar refractivity (Wildman–Crippen MR) is 116 cm³/mol. The highest BCUT2D eigenvalue weighted by atomic mass is 16.3. The first-order valence-corrected chi connectivity index (χ1v) is 11.6. The van der Waals surface area contributed by atoms with Gasteiger partial charge in [-0.15, -0.1) is 0 Å². The van der Waals surface area contributed by atoms with E-state index in [9.17, 15) is 5.11 Å². The van der Waals surface area contributed by atoms with Crippen molar-refractivity contribution in [3.8, 4) is 0 Å². The fraction of sp³-hybridized carbons (Fsp3) is 1.00. The maximum Gasteiger partial charge on any atom is 0.0542 e. The Labute approximate surface area is 169 Å². The van der Waals surface area contributed by atoms with Gasteiger partial charge in [0.15, 0.2) is 0 Å².